The van der Waals surface area contributed by atoms with Gasteiger partial charge in [0.05, 0.1) is 20.3 Å². The minimum atomic E-state index is -0.104. The Hall–Kier alpha value is -3.35. The fourth-order valence-electron chi connectivity index (χ4n) is 6.56. The molecule has 5 atom stereocenters. The van der Waals surface area contributed by atoms with E-state index >= 15 is 0 Å². The highest BCUT2D eigenvalue weighted by Crippen LogP contribution is 2.45. The molecule has 0 aliphatic carbocycles. The van der Waals surface area contributed by atoms with Gasteiger partial charge in [0.2, 0.25) is 5.91 Å². The summed E-state index contributed by atoms with van der Waals surface area (Å²) in [7, 11) is 7.14. The lowest BCUT2D eigenvalue weighted by atomic mass is 9.68. The van der Waals surface area contributed by atoms with E-state index in [2.05, 4.69) is 70.9 Å². The summed E-state index contributed by atoms with van der Waals surface area (Å²) in [6.45, 7) is 1.59. The maximum atomic E-state index is 13.4. The van der Waals surface area contributed by atoms with Crippen LogP contribution in [0.15, 0.2) is 78.9 Å². The number of fused-ring (bicyclic) bond motifs is 3. The summed E-state index contributed by atoms with van der Waals surface area (Å²) in [4.78, 5) is 17.7. The molecule has 1 unspecified atom stereocenters. The SMILES string of the molecule is COc1ccc(OC)c(CN[C@@H]2[C@H]3CCN([C@@H](C(=O)N(C)C)C3)[C@@H]2C(c2ccccc2)c2ccccc2)c1. The van der Waals surface area contributed by atoms with Gasteiger partial charge in [0.25, 0.3) is 0 Å². The van der Waals surface area contributed by atoms with Crippen molar-refractivity contribution >= 4 is 5.91 Å². The quantitative estimate of drug-likeness (QED) is 0.455. The molecule has 3 fully saturated rings. The van der Waals surface area contributed by atoms with E-state index in [1.165, 1.54) is 11.1 Å². The van der Waals surface area contributed by atoms with Crippen LogP contribution in [0.25, 0.3) is 0 Å². The standard InChI is InChI=1S/C32H39N3O3/c1-34(2)32(36)27-20-24-17-18-35(27)31(29(22-11-7-5-8-12-22)23-13-9-6-10-14-23)30(24)33-21-25-19-26(37-3)15-16-28(25)38-4/h5-16,19,24,27,29-31,33H,17-18,20-21H2,1-4H3/t24-,27+,30+,31+/m0/s1. The van der Waals surface area contributed by atoms with Gasteiger partial charge in [0, 0.05) is 44.2 Å². The van der Waals surface area contributed by atoms with Gasteiger partial charge in [-0.15, -0.1) is 0 Å². The molecule has 1 amide bonds. The second kappa shape index (κ2) is 11.6. The summed E-state index contributed by atoms with van der Waals surface area (Å²) < 4.78 is 11.2. The van der Waals surface area contributed by atoms with Crippen LogP contribution in [0.1, 0.15) is 35.4 Å². The second-order valence-electron chi connectivity index (χ2n) is 10.6. The van der Waals surface area contributed by atoms with Crippen molar-refractivity contribution in [3.63, 3.8) is 0 Å². The van der Waals surface area contributed by atoms with Crippen molar-refractivity contribution in [1.29, 1.82) is 0 Å². The summed E-state index contributed by atoms with van der Waals surface area (Å²) in [6, 6.07) is 27.7. The minimum Gasteiger partial charge on any atom is -0.497 e. The summed E-state index contributed by atoms with van der Waals surface area (Å²) >= 11 is 0. The van der Waals surface area contributed by atoms with E-state index in [4.69, 9.17) is 9.47 Å². The predicted molar refractivity (Wildman–Crippen MR) is 151 cm³/mol. The number of rotatable bonds is 9. The normalized spacial score (nSPS) is 24.3. The molecule has 200 valence electrons. The number of nitrogens with one attached hydrogen (secondary N) is 1. The third kappa shape index (κ3) is 5.16. The smallest absolute Gasteiger partial charge is 0.239 e. The number of likely N-dealkylation sites (N-methyl/N-ethyl adjacent to an activating group) is 1. The number of benzene rings is 3. The zero-order chi connectivity index (χ0) is 26.6. The number of ether oxygens (including phenoxy) is 2. The first-order valence-corrected chi connectivity index (χ1v) is 13.5. The summed E-state index contributed by atoms with van der Waals surface area (Å²) in [5, 5.41) is 3.95. The first-order chi connectivity index (χ1) is 18.5. The van der Waals surface area contributed by atoms with Gasteiger partial charge in [-0.05, 0) is 54.6 Å². The Balaban J connectivity index is 1.55. The van der Waals surface area contributed by atoms with Crippen LogP contribution in [0.5, 0.6) is 11.5 Å². The molecule has 3 aromatic carbocycles. The number of carbonyl (C=O) groups is 1. The van der Waals surface area contributed by atoms with Gasteiger partial charge in [0.15, 0.2) is 0 Å². The summed E-state index contributed by atoms with van der Waals surface area (Å²) in [5.41, 5.74) is 3.62. The average Bonchev–Trinajstić information content (AvgIpc) is 2.97. The van der Waals surface area contributed by atoms with E-state index in [9.17, 15) is 4.79 Å². The molecule has 3 saturated heterocycles. The van der Waals surface area contributed by atoms with Crippen molar-refractivity contribution in [3.8, 4) is 11.5 Å². The molecular formula is C32H39N3O3. The number of hydrogen-bond donors (Lipinski definition) is 1. The van der Waals surface area contributed by atoms with Crippen molar-refractivity contribution in [3.05, 3.63) is 95.6 Å². The lowest BCUT2D eigenvalue weighted by molar-refractivity contribution is -0.143. The Morgan fingerprint density at radius 3 is 2.21 bits per heavy atom. The van der Waals surface area contributed by atoms with Crippen LogP contribution in [-0.4, -0.2) is 68.7 Å². The Morgan fingerprint density at radius 2 is 1.63 bits per heavy atom. The Bertz CT molecular complexity index is 1180. The maximum Gasteiger partial charge on any atom is 0.239 e. The van der Waals surface area contributed by atoms with Crippen LogP contribution in [0.3, 0.4) is 0 Å². The van der Waals surface area contributed by atoms with Crippen molar-refractivity contribution in [2.75, 3.05) is 34.9 Å². The molecule has 0 aromatic heterocycles. The van der Waals surface area contributed by atoms with Gasteiger partial charge in [-0.3, -0.25) is 9.69 Å². The number of amides is 1. The zero-order valence-corrected chi connectivity index (χ0v) is 22.8. The van der Waals surface area contributed by atoms with Gasteiger partial charge < -0.3 is 19.7 Å². The molecule has 3 aromatic rings. The van der Waals surface area contributed by atoms with Crippen LogP contribution in [0.4, 0.5) is 0 Å². The summed E-state index contributed by atoms with van der Waals surface area (Å²) in [5.74, 6) is 2.39. The van der Waals surface area contributed by atoms with Crippen molar-refractivity contribution in [2.45, 2.75) is 43.4 Å². The molecule has 0 saturated carbocycles. The predicted octanol–water partition coefficient (Wildman–Crippen LogP) is 4.55. The Kier molecular flexibility index (Phi) is 8.01. The molecular weight excluding hydrogens is 474 g/mol. The highest BCUT2D eigenvalue weighted by molar-refractivity contribution is 5.82. The third-order valence-corrected chi connectivity index (χ3v) is 8.34. The van der Waals surface area contributed by atoms with Crippen molar-refractivity contribution in [1.82, 2.24) is 15.1 Å². The summed E-state index contributed by atoms with van der Waals surface area (Å²) in [6.07, 6.45) is 1.95. The topological polar surface area (TPSA) is 54.0 Å². The average molecular weight is 514 g/mol. The molecule has 6 rings (SSSR count). The number of carbonyl (C=O) groups excluding carboxylic acids is 1. The number of hydrogen-bond acceptors (Lipinski definition) is 5. The molecule has 1 N–H and O–H groups in total. The van der Waals surface area contributed by atoms with E-state index in [0.717, 1.165) is 36.4 Å². The molecule has 2 bridgehead atoms. The molecule has 0 radical (unpaired) electrons. The first-order valence-electron chi connectivity index (χ1n) is 13.5. The highest BCUT2D eigenvalue weighted by atomic mass is 16.5. The fraction of sp³-hybridized carbons (Fsp3) is 0.406. The second-order valence-corrected chi connectivity index (χ2v) is 10.6. The molecule has 0 spiro atoms. The van der Waals surface area contributed by atoms with Gasteiger partial charge in [-0.1, -0.05) is 60.7 Å². The Labute approximate surface area is 226 Å². The van der Waals surface area contributed by atoms with Crippen LogP contribution in [-0.2, 0) is 11.3 Å². The third-order valence-electron chi connectivity index (χ3n) is 8.34. The van der Waals surface area contributed by atoms with Gasteiger partial charge in [-0.2, -0.15) is 0 Å². The maximum absolute atomic E-state index is 13.4. The zero-order valence-electron chi connectivity index (χ0n) is 22.8. The number of methoxy groups -OCH3 is 2. The Morgan fingerprint density at radius 1 is 0.974 bits per heavy atom. The number of piperidine rings is 3. The van der Waals surface area contributed by atoms with Crippen molar-refractivity contribution < 1.29 is 14.3 Å². The minimum absolute atomic E-state index is 0.104. The van der Waals surface area contributed by atoms with E-state index in [1.807, 2.05) is 32.3 Å². The van der Waals surface area contributed by atoms with E-state index in [-0.39, 0.29) is 30.0 Å². The van der Waals surface area contributed by atoms with Gasteiger partial charge in [0.1, 0.15) is 11.5 Å². The molecule has 3 aliphatic heterocycles. The van der Waals surface area contributed by atoms with Crippen LogP contribution in [0, 0.1) is 5.92 Å². The first kappa shape index (κ1) is 26.3. The molecule has 3 heterocycles. The van der Waals surface area contributed by atoms with Gasteiger partial charge in [-0.25, -0.2) is 0 Å². The van der Waals surface area contributed by atoms with Gasteiger partial charge >= 0.3 is 0 Å². The van der Waals surface area contributed by atoms with Crippen LogP contribution >= 0.6 is 0 Å². The molecule has 6 heteroatoms. The number of nitrogens with zero attached hydrogens (tertiary/aromatic N) is 2. The lowest BCUT2D eigenvalue weighted by Gasteiger charge is -2.57. The van der Waals surface area contributed by atoms with E-state index in [1.54, 1.807) is 19.1 Å². The van der Waals surface area contributed by atoms with Crippen LogP contribution in [0.2, 0.25) is 0 Å². The monoisotopic (exact) mass is 513 g/mol. The molecule has 3 aliphatic rings. The molecule has 6 nitrogen and oxygen atoms in total. The largest absolute Gasteiger partial charge is 0.497 e. The van der Waals surface area contributed by atoms with Crippen LogP contribution < -0.4 is 14.8 Å². The highest BCUT2D eigenvalue weighted by Gasteiger charge is 2.52. The van der Waals surface area contributed by atoms with E-state index in [0.29, 0.717) is 12.5 Å². The fourth-order valence-corrected chi connectivity index (χ4v) is 6.56. The molecule has 38 heavy (non-hydrogen) atoms. The van der Waals surface area contributed by atoms with E-state index < -0.39 is 0 Å². The van der Waals surface area contributed by atoms with Crippen molar-refractivity contribution in [2.24, 2.45) is 5.92 Å². The lowest BCUT2D eigenvalue weighted by Crippen LogP contribution is -2.69.